The fourth-order valence-corrected chi connectivity index (χ4v) is 7.81. The molecule has 3 aromatic heterocycles. The number of nitrogens with zero attached hydrogens (tertiary/aromatic N) is 9. The molecule has 4 atom stereocenters. The van der Waals surface area contributed by atoms with Gasteiger partial charge in [-0.2, -0.15) is 10.4 Å². The van der Waals surface area contributed by atoms with Crippen LogP contribution in [-0.2, 0) is 6.42 Å². The number of carbonyl (C=O) groups is 2. The smallest absolute Gasteiger partial charge is 0.407 e. The molecule has 3 saturated heterocycles. The Balaban J connectivity index is 1.57. The summed E-state index contributed by atoms with van der Waals surface area (Å²) in [5.41, 5.74) is 2.36. The lowest BCUT2D eigenvalue weighted by Crippen LogP contribution is -2.44. The minimum Gasteiger partial charge on any atom is -0.465 e. The topological polar surface area (TPSA) is 136 Å². The van der Waals surface area contributed by atoms with Crippen LogP contribution in [0.4, 0.5) is 14.0 Å². The summed E-state index contributed by atoms with van der Waals surface area (Å²) in [5, 5.41) is 24.8. The molecule has 3 amide bonds. The Morgan fingerprint density at radius 3 is 2.74 bits per heavy atom. The van der Waals surface area contributed by atoms with E-state index in [1.807, 2.05) is 17.0 Å². The number of hydrogen-bond acceptors (Lipinski definition) is 6. The molecule has 0 spiro atoms. The Bertz CT molecular complexity index is 1830. The molecule has 4 aromatic rings. The highest BCUT2D eigenvalue weighted by molar-refractivity contribution is 9.10. The molecule has 4 aliphatic rings. The first-order chi connectivity index (χ1) is 20.7. The SMILES string of the molecule is CN(C)C(=O)N1CCC[C@@H]1c1cc2c(-n3cncn3)nc3c(F)c(Br)c(CCC#N)cc3c2n1[C@H]1[C@@H]2C[C@H]1N(C(=O)O)C2. The second-order valence-electron chi connectivity index (χ2n) is 11.7. The zero-order valence-corrected chi connectivity index (χ0v) is 25.2. The molecule has 43 heavy (non-hydrogen) atoms. The van der Waals surface area contributed by atoms with E-state index in [0.29, 0.717) is 47.2 Å². The van der Waals surface area contributed by atoms with Crippen LogP contribution in [0.3, 0.4) is 0 Å². The van der Waals surface area contributed by atoms with Gasteiger partial charge in [-0.25, -0.2) is 28.6 Å². The first-order valence-electron chi connectivity index (χ1n) is 14.3. The average molecular weight is 651 g/mol. The van der Waals surface area contributed by atoms with E-state index >= 15 is 4.39 Å². The normalized spacial score (nSPS) is 22.8. The molecule has 8 rings (SSSR count). The quantitative estimate of drug-likeness (QED) is 0.326. The van der Waals surface area contributed by atoms with Gasteiger partial charge in [0.2, 0.25) is 0 Å². The number of benzene rings is 1. The van der Waals surface area contributed by atoms with Crippen LogP contribution in [0.1, 0.15) is 49.0 Å². The van der Waals surface area contributed by atoms with Gasteiger partial charge in [0.05, 0.1) is 34.2 Å². The van der Waals surface area contributed by atoms with E-state index in [2.05, 4.69) is 36.6 Å². The van der Waals surface area contributed by atoms with E-state index in [0.717, 1.165) is 25.0 Å². The number of halogens is 2. The lowest BCUT2D eigenvalue weighted by Gasteiger charge is -2.40. The van der Waals surface area contributed by atoms with Crippen LogP contribution in [-0.4, -0.2) is 89.5 Å². The third-order valence-electron chi connectivity index (χ3n) is 9.20. The van der Waals surface area contributed by atoms with E-state index in [9.17, 15) is 20.0 Å². The molecular weight excluding hydrogens is 621 g/mol. The van der Waals surface area contributed by atoms with Crippen LogP contribution in [0.25, 0.3) is 27.6 Å². The number of pyridine rings is 1. The van der Waals surface area contributed by atoms with Crippen molar-refractivity contribution in [1.29, 1.82) is 5.26 Å². The molecule has 222 valence electrons. The first-order valence-corrected chi connectivity index (χ1v) is 15.0. The third kappa shape index (κ3) is 4.08. The Hall–Kier alpha value is -4.25. The number of nitriles is 1. The number of aromatic nitrogens is 5. The van der Waals surface area contributed by atoms with Crippen molar-refractivity contribution in [3.8, 4) is 11.9 Å². The molecule has 14 heteroatoms. The molecule has 0 radical (unpaired) electrons. The van der Waals surface area contributed by atoms with E-state index in [4.69, 9.17) is 4.98 Å². The van der Waals surface area contributed by atoms with Crippen LogP contribution in [0.2, 0.25) is 0 Å². The fraction of sp³-hybridized carbons (Fsp3) is 0.448. The summed E-state index contributed by atoms with van der Waals surface area (Å²) in [7, 11) is 3.46. The van der Waals surface area contributed by atoms with Crippen molar-refractivity contribution in [2.45, 2.75) is 50.2 Å². The van der Waals surface area contributed by atoms with Gasteiger partial charge in [-0.1, -0.05) is 0 Å². The molecule has 1 saturated carbocycles. The van der Waals surface area contributed by atoms with E-state index in [1.165, 1.54) is 22.2 Å². The molecule has 0 unspecified atom stereocenters. The van der Waals surface area contributed by atoms with Crippen molar-refractivity contribution in [3.63, 3.8) is 0 Å². The molecule has 1 aromatic carbocycles. The molecule has 1 aliphatic carbocycles. The number of hydrogen-bond donors (Lipinski definition) is 1. The standard InChI is InChI=1S/C29H29BrFN9O3/c1-36(2)28(41)37-8-4-6-19(37)20-11-18-26(40(20)25-16-10-21(25)38(12-16)29(42)43)17-9-15(5-3-7-32)22(30)23(31)24(17)35-27(18)39-14-33-13-34-39/h9,11,13-14,16,19,21,25H,3-6,8,10,12H2,1-2H3,(H,42,43)/t16-,19-,21-,25+/m1/s1. The molecule has 6 heterocycles. The van der Waals surface area contributed by atoms with Crippen molar-refractivity contribution in [1.82, 2.24) is 39.0 Å². The number of rotatable bonds is 5. The monoisotopic (exact) mass is 649 g/mol. The Morgan fingerprint density at radius 1 is 1.26 bits per heavy atom. The van der Waals surface area contributed by atoms with Crippen molar-refractivity contribution in [2.75, 3.05) is 27.2 Å². The van der Waals surface area contributed by atoms with Gasteiger partial charge in [-0.05, 0) is 59.3 Å². The maximum atomic E-state index is 16.2. The summed E-state index contributed by atoms with van der Waals surface area (Å²) in [6.07, 6.45) is 4.80. The number of fused-ring (bicyclic) bond motifs is 4. The molecule has 2 bridgehead atoms. The predicted octanol–water partition coefficient (Wildman–Crippen LogP) is 4.87. The van der Waals surface area contributed by atoms with Gasteiger partial charge in [0.25, 0.3) is 0 Å². The predicted molar refractivity (Wildman–Crippen MR) is 157 cm³/mol. The summed E-state index contributed by atoms with van der Waals surface area (Å²) in [6, 6.07) is 5.24. The highest BCUT2D eigenvalue weighted by atomic mass is 79.9. The van der Waals surface area contributed by atoms with Crippen LogP contribution in [0.15, 0.2) is 29.3 Å². The Morgan fingerprint density at radius 2 is 2.07 bits per heavy atom. The number of likely N-dealkylation sites (tertiary alicyclic amines) is 1. The van der Waals surface area contributed by atoms with Gasteiger partial charge < -0.3 is 24.4 Å². The lowest BCUT2D eigenvalue weighted by atomic mass is 9.79. The number of amides is 3. The summed E-state index contributed by atoms with van der Waals surface area (Å²) < 4.78 is 20.1. The summed E-state index contributed by atoms with van der Waals surface area (Å²) >= 11 is 3.40. The van der Waals surface area contributed by atoms with Gasteiger partial charge in [-0.3, -0.25) is 0 Å². The van der Waals surface area contributed by atoms with Crippen molar-refractivity contribution in [2.24, 2.45) is 5.92 Å². The fourth-order valence-electron chi connectivity index (χ4n) is 7.31. The second kappa shape index (κ2) is 10.2. The van der Waals surface area contributed by atoms with E-state index in [-0.39, 0.29) is 46.5 Å². The maximum Gasteiger partial charge on any atom is 0.407 e. The first kappa shape index (κ1) is 27.6. The van der Waals surface area contributed by atoms with Gasteiger partial charge >= 0.3 is 12.1 Å². The zero-order chi connectivity index (χ0) is 30.2. The number of aryl methyl sites for hydroxylation is 1. The van der Waals surface area contributed by atoms with Crippen molar-refractivity contribution >= 4 is 49.9 Å². The van der Waals surface area contributed by atoms with Crippen LogP contribution < -0.4 is 0 Å². The molecule has 4 fully saturated rings. The van der Waals surface area contributed by atoms with Gasteiger partial charge in [0.1, 0.15) is 18.2 Å². The highest BCUT2D eigenvalue weighted by Gasteiger charge is 2.56. The molecule has 12 nitrogen and oxygen atoms in total. The van der Waals surface area contributed by atoms with Crippen molar-refractivity contribution < 1.29 is 19.1 Å². The third-order valence-corrected chi connectivity index (χ3v) is 10.1. The second-order valence-corrected chi connectivity index (χ2v) is 12.5. The number of urea groups is 1. The van der Waals surface area contributed by atoms with E-state index < -0.39 is 11.9 Å². The van der Waals surface area contributed by atoms with Crippen LogP contribution in [0.5, 0.6) is 0 Å². The minimum atomic E-state index is -0.957. The van der Waals surface area contributed by atoms with Gasteiger partial charge in [-0.15, -0.1) is 0 Å². The number of carboxylic acid groups (broad SMARTS) is 1. The zero-order valence-electron chi connectivity index (χ0n) is 23.6. The molecular formula is C29H29BrFN9O3. The maximum absolute atomic E-state index is 16.2. The largest absolute Gasteiger partial charge is 0.465 e. The molecule has 3 aliphatic heterocycles. The number of carbonyl (C=O) groups excluding carboxylic acids is 1. The Labute approximate surface area is 254 Å². The van der Waals surface area contributed by atoms with Crippen molar-refractivity contribution in [3.05, 3.63) is 46.3 Å². The summed E-state index contributed by atoms with van der Waals surface area (Å²) in [5.74, 6) is -0.0795. The van der Waals surface area contributed by atoms with Crippen LogP contribution >= 0.6 is 15.9 Å². The Kier molecular flexibility index (Phi) is 6.53. The van der Waals surface area contributed by atoms with Crippen LogP contribution in [0, 0.1) is 23.1 Å². The van der Waals surface area contributed by atoms with E-state index in [1.54, 1.807) is 19.0 Å². The minimum absolute atomic E-state index is 0.0752. The average Bonchev–Trinajstić information content (AvgIpc) is 3.80. The summed E-state index contributed by atoms with van der Waals surface area (Å²) in [6.45, 7) is 1.01. The summed E-state index contributed by atoms with van der Waals surface area (Å²) in [4.78, 5) is 39.3. The van der Waals surface area contributed by atoms with Gasteiger partial charge in [0.15, 0.2) is 11.6 Å². The van der Waals surface area contributed by atoms with Gasteiger partial charge in [0, 0.05) is 56.0 Å². The highest BCUT2D eigenvalue weighted by Crippen LogP contribution is 2.53. The lowest BCUT2D eigenvalue weighted by molar-refractivity contribution is 0.122. The molecule has 1 N–H and O–H groups in total.